The smallest absolute Gasteiger partial charge is 0.123 e. The normalized spacial score (nSPS) is 10.8. The van der Waals surface area contributed by atoms with Crippen molar-refractivity contribution in [1.82, 2.24) is 0 Å². The topological polar surface area (TPSA) is 25.2 Å². The fraction of sp³-hybridized carbons (Fsp3) is 0.176. The van der Waals surface area contributed by atoms with Crippen molar-refractivity contribution in [2.75, 3.05) is 11.6 Å². The molecule has 0 aliphatic heterocycles. The third-order valence-corrected chi connectivity index (χ3v) is 3.82. The average molecular weight is 283 g/mol. The molecular weight excluding hydrogens is 266 g/mol. The summed E-state index contributed by atoms with van der Waals surface area (Å²) >= 11 is 1.77. The van der Waals surface area contributed by atoms with Crippen LogP contribution < -0.4 is 5.32 Å². The minimum absolute atomic E-state index is 0.711. The average Bonchev–Trinajstić information content (AvgIpc) is 2.93. The van der Waals surface area contributed by atoms with Gasteiger partial charge in [0, 0.05) is 11.1 Å². The van der Waals surface area contributed by atoms with Gasteiger partial charge in [-0.2, -0.15) is 11.8 Å². The molecule has 0 aliphatic rings. The van der Waals surface area contributed by atoms with E-state index in [2.05, 4.69) is 60.1 Å². The van der Waals surface area contributed by atoms with Gasteiger partial charge in [-0.15, -0.1) is 0 Å². The summed E-state index contributed by atoms with van der Waals surface area (Å²) in [5.74, 6) is 2.93. The van der Waals surface area contributed by atoms with Crippen molar-refractivity contribution in [2.24, 2.45) is 0 Å². The Morgan fingerprint density at radius 2 is 1.75 bits per heavy atom. The van der Waals surface area contributed by atoms with E-state index in [-0.39, 0.29) is 0 Å². The van der Waals surface area contributed by atoms with Gasteiger partial charge in [0.05, 0.1) is 12.3 Å². The zero-order valence-corrected chi connectivity index (χ0v) is 12.2. The molecule has 1 heterocycles. The number of furan rings is 1. The molecule has 3 aromatic rings. The molecule has 102 valence electrons. The number of rotatable bonds is 5. The molecule has 20 heavy (non-hydrogen) atoms. The fourth-order valence-corrected chi connectivity index (χ4v) is 2.74. The summed E-state index contributed by atoms with van der Waals surface area (Å²) in [4.78, 5) is 0. The summed E-state index contributed by atoms with van der Waals surface area (Å²) < 4.78 is 5.77. The van der Waals surface area contributed by atoms with Crippen LogP contribution >= 0.6 is 11.8 Å². The lowest BCUT2D eigenvalue weighted by Gasteiger charge is -2.08. The first-order valence-corrected chi connectivity index (χ1v) is 8.04. The van der Waals surface area contributed by atoms with Crippen molar-refractivity contribution < 1.29 is 4.42 Å². The molecule has 0 bridgehead atoms. The Balaban J connectivity index is 1.76. The van der Waals surface area contributed by atoms with Crippen molar-refractivity contribution in [1.29, 1.82) is 0 Å². The maximum Gasteiger partial charge on any atom is 0.123 e. The van der Waals surface area contributed by atoms with Crippen LogP contribution in [0.15, 0.2) is 59.0 Å². The Kier molecular flexibility index (Phi) is 3.97. The van der Waals surface area contributed by atoms with Crippen LogP contribution in [0.4, 0.5) is 5.69 Å². The predicted molar refractivity (Wildman–Crippen MR) is 87.2 cm³/mol. The highest BCUT2D eigenvalue weighted by atomic mass is 32.2. The highest BCUT2D eigenvalue weighted by Crippen LogP contribution is 2.24. The second-order valence-corrected chi connectivity index (χ2v) is 5.55. The van der Waals surface area contributed by atoms with E-state index in [1.54, 1.807) is 11.8 Å². The highest BCUT2D eigenvalue weighted by molar-refractivity contribution is 7.97. The maximum absolute atomic E-state index is 5.77. The standard InChI is InChI=1S/C17H17NOS/c1-20-12-15-10-9-14(19-15)11-18-17-8-4-6-13-5-2-3-7-16(13)17/h2-10,18H,11-12H2,1H3. The molecule has 1 N–H and O–H groups in total. The lowest BCUT2D eigenvalue weighted by atomic mass is 10.1. The van der Waals surface area contributed by atoms with Crippen molar-refractivity contribution in [3.8, 4) is 0 Å². The Morgan fingerprint density at radius 1 is 0.950 bits per heavy atom. The van der Waals surface area contributed by atoms with Crippen LogP contribution in [0, 0.1) is 0 Å². The van der Waals surface area contributed by atoms with Crippen LogP contribution in [-0.4, -0.2) is 6.26 Å². The van der Waals surface area contributed by atoms with Gasteiger partial charge in [0.25, 0.3) is 0 Å². The van der Waals surface area contributed by atoms with E-state index in [0.29, 0.717) is 6.54 Å². The monoisotopic (exact) mass is 283 g/mol. The van der Waals surface area contributed by atoms with Gasteiger partial charge < -0.3 is 9.73 Å². The van der Waals surface area contributed by atoms with Crippen LogP contribution in [0.1, 0.15) is 11.5 Å². The van der Waals surface area contributed by atoms with Gasteiger partial charge in [-0.05, 0) is 29.8 Å². The third-order valence-electron chi connectivity index (χ3n) is 3.25. The molecule has 3 heteroatoms. The van der Waals surface area contributed by atoms with Gasteiger partial charge in [-0.3, -0.25) is 0 Å². The molecule has 0 atom stereocenters. The summed E-state index contributed by atoms with van der Waals surface area (Å²) in [5.41, 5.74) is 1.14. The van der Waals surface area contributed by atoms with E-state index in [0.717, 1.165) is 23.0 Å². The summed E-state index contributed by atoms with van der Waals surface area (Å²) in [6.45, 7) is 0.711. The molecule has 3 rings (SSSR count). The van der Waals surface area contributed by atoms with Crippen LogP contribution in [0.2, 0.25) is 0 Å². The Hall–Kier alpha value is -1.87. The molecule has 0 saturated heterocycles. The first-order chi connectivity index (χ1) is 9.86. The van der Waals surface area contributed by atoms with Gasteiger partial charge in [0.15, 0.2) is 0 Å². The van der Waals surface area contributed by atoms with Crippen molar-refractivity contribution in [3.05, 3.63) is 66.1 Å². The fourth-order valence-electron chi connectivity index (χ4n) is 2.30. The molecule has 0 spiro atoms. The molecule has 0 fully saturated rings. The molecule has 0 aliphatic carbocycles. The number of anilines is 1. The van der Waals surface area contributed by atoms with Crippen LogP contribution in [0.3, 0.4) is 0 Å². The molecule has 2 aromatic carbocycles. The summed E-state index contributed by atoms with van der Waals surface area (Å²) in [6, 6.07) is 18.8. The molecule has 1 aromatic heterocycles. The van der Waals surface area contributed by atoms with Gasteiger partial charge >= 0.3 is 0 Å². The minimum atomic E-state index is 0.711. The van der Waals surface area contributed by atoms with Crippen molar-refractivity contribution in [3.63, 3.8) is 0 Å². The second-order valence-electron chi connectivity index (χ2n) is 4.68. The number of nitrogens with one attached hydrogen (secondary N) is 1. The van der Waals surface area contributed by atoms with Crippen LogP contribution in [-0.2, 0) is 12.3 Å². The van der Waals surface area contributed by atoms with E-state index in [1.165, 1.54) is 10.8 Å². The quantitative estimate of drug-likeness (QED) is 0.720. The van der Waals surface area contributed by atoms with Gasteiger partial charge in [-0.25, -0.2) is 0 Å². The van der Waals surface area contributed by atoms with E-state index >= 15 is 0 Å². The highest BCUT2D eigenvalue weighted by Gasteiger charge is 2.03. The van der Waals surface area contributed by atoms with E-state index in [1.807, 2.05) is 6.07 Å². The molecule has 0 unspecified atom stereocenters. The molecular formula is C17H17NOS. The SMILES string of the molecule is CSCc1ccc(CNc2cccc3ccccc23)o1. The summed E-state index contributed by atoms with van der Waals surface area (Å²) in [6.07, 6.45) is 2.08. The Morgan fingerprint density at radius 3 is 2.65 bits per heavy atom. The van der Waals surface area contributed by atoms with Crippen LogP contribution in [0.25, 0.3) is 10.8 Å². The van der Waals surface area contributed by atoms with E-state index < -0.39 is 0 Å². The van der Waals surface area contributed by atoms with Gasteiger partial charge in [-0.1, -0.05) is 36.4 Å². The molecule has 0 amide bonds. The van der Waals surface area contributed by atoms with E-state index in [9.17, 15) is 0 Å². The number of thioether (sulfide) groups is 1. The van der Waals surface area contributed by atoms with Gasteiger partial charge in [0.1, 0.15) is 11.5 Å². The third kappa shape index (κ3) is 2.83. The predicted octanol–water partition coefficient (Wildman–Crippen LogP) is 4.91. The Bertz CT molecular complexity index is 700. The zero-order chi connectivity index (χ0) is 13.8. The minimum Gasteiger partial charge on any atom is -0.463 e. The first kappa shape index (κ1) is 13.1. The zero-order valence-electron chi connectivity index (χ0n) is 11.4. The lowest BCUT2D eigenvalue weighted by Crippen LogP contribution is -1.98. The molecule has 0 saturated carbocycles. The summed E-state index contributed by atoms with van der Waals surface area (Å²) in [5, 5.41) is 5.95. The molecule has 0 radical (unpaired) electrons. The summed E-state index contributed by atoms with van der Waals surface area (Å²) in [7, 11) is 0. The van der Waals surface area contributed by atoms with Crippen molar-refractivity contribution in [2.45, 2.75) is 12.3 Å². The van der Waals surface area contributed by atoms with Crippen molar-refractivity contribution >= 4 is 28.2 Å². The molecule has 2 nitrogen and oxygen atoms in total. The maximum atomic E-state index is 5.77. The number of hydrogen-bond acceptors (Lipinski definition) is 3. The van der Waals surface area contributed by atoms with Gasteiger partial charge in [0.2, 0.25) is 0 Å². The lowest BCUT2D eigenvalue weighted by molar-refractivity contribution is 0.487. The second kappa shape index (κ2) is 6.06. The number of fused-ring (bicyclic) bond motifs is 1. The number of benzene rings is 2. The first-order valence-electron chi connectivity index (χ1n) is 6.65. The largest absolute Gasteiger partial charge is 0.463 e. The Labute approximate surface area is 123 Å². The van der Waals surface area contributed by atoms with Crippen LogP contribution in [0.5, 0.6) is 0 Å². The number of hydrogen-bond donors (Lipinski definition) is 1. The van der Waals surface area contributed by atoms with E-state index in [4.69, 9.17) is 4.42 Å².